The van der Waals surface area contributed by atoms with Crippen molar-refractivity contribution in [3.63, 3.8) is 0 Å². The van der Waals surface area contributed by atoms with E-state index in [2.05, 4.69) is 10.6 Å². The van der Waals surface area contributed by atoms with Crippen LogP contribution < -0.4 is 16.2 Å². The highest BCUT2D eigenvalue weighted by molar-refractivity contribution is 6.33. The molecular weight excluding hydrogens is 440 g/mol. The normalized spacial score (nSPS) is 13.3. The van der Waals surface area contributed by atoms with Crippen molar-refractivity contribution in [3.8, 4) is 0 Å². The highest BCUT2D eigenvalue weighted by Gasteiger charge is 2.33. The number of benzene rings is 1. The van der Waals surface area contributed by atoms with Crippen molar-refractivity contribution in [3.05, 3.63) is 57.0 Å². The van der Waals surface area contributed by atoms with Crippen LogP contribution in [-0.4, -0.2) is 16.9 Å². The van der Waals surface area contributed by atoms with Crippen LogP contribution >= 0.6 is 11.6 Å². The minimum atomic E-state index is -4.74. The first kappa shape index (κ1) is 23.6. The van der Waals surface area contributed by atoms with Crippen LogP contribution in [0.25, 0.3) is 0 Å². The van der Waals surface area contributed by atoms with Crippen LogP contribution in [-0.2, 0) is 17.1 Å². The van der Waals surface area contributed by atoms with Gasteiger partial charge in [-0.2, -0.15) is 26.3 Å². The van der Waals surface area contributed by atoms with E-state index in [1.807, 2.05) is 4.98 Å². The molecule has 0 fully saturated rings. The highest BCUT2D eigenvalue weighted by Crippen LogP contribution is 2.34. The van der Waals surface area contributed by atoms with Gasteiger partial charge < -0.3 is 15.6 Å². The predicted octanol–water partition coefficient (Wildman–Crippen LogP) is 5.14. The summed E-state index contributed by atoms with van der Waals surface area (Å²) in [4.78, 5) is 26.3. The topological polar surface area (TPSA) is 74.0 Å². The van der Waals surface area contributed by atoms with Crippen molar-refractivity contribution >= 4 is 28.9 Å². The Kier molecular flexibility index (Phi) is 6.75. The highest BCUT2D eigenvalue weighted by atomic mass is 35.5. The molecular formula is C18H16ClF6N3O2. The second-order valence-corrected chi connectivity index (χ2v) is 7.08. The number of anilines is 2. The van der Waals surface area contributed by atoms with E-state index in [1.165, 1.54) is 0 Å². The molecule has 1 amide bonds. The average Bonchev–Trinajstić information content (AvgIpc) is 2.60. The molecule has 1 aromatic heterocycles. The summed E-state index contributed by atoms with van der Waals surface area (Å²) in [6.07, 6.45) is -8.88. The third-order valence-electron chi connectivity index (χ3n) is 4.04. The van der Waals surface area contributed by atoms with Crippen molar-refractivity contribution in [2.45, 2.75) is 32.2 Å². The van der Waals surface area contributed by atoms with Crippen LogP contribution in [0.3, 0.4) is 0 Å². The number of hydrogen-bond acceptors (Lipinski definition) is 3. The molecule has 2 aromatic rings. The Bertz CT molecular complexity index is 985. The van der Waals surface area contributed by atoms with Crippen LogP contribution in [0.2, 0.25) is 5.02 Å². The minimum Gasteiger partial charge on any atom is -0.372 e. The van der Waals surface area contributed by atoms with Crippen LogP contribution in [0.1, 0.15) is 25.0 Å². The molecule has 0 radical (unpaired) electrons. The van der Waals surface area contributed by atoms with Gasteiger partial charge in [0, 0.05) is 6.20 Å². The number of carbonyl (C=O) groups excluding carboxylic acids is 1. The van der Waals surface area contributed by atoms with E-state index >= 15 is 0 Å². The molecule has 0 saturated heterocycles. The number of halogens is 7. The van der Waals surface area contributed by atoms with Gasteiger partial charge in [0.15, 0.2) is 0 Å². The molecule has 0 unspecified atom stereocenters. The number of amides is 1. The zero-order valence-electron chi connectivity index (χ0n) is 15.5. The summed E-state index contributed by atoms with van der Waals surface area (Å²) in [6, 6.07) is 1.84. The quantitative estimate of drug-likeness (QED) is 0.546. The summed E-state index contributed by atoms with van der Waals surface area (Å²) in [7, 11) is 0. The number of rotatable bonds is 5. The Morgan fingerprint density at radius 2 is 1.60 bits per heavy atom. The summed E-state index contributed by atoms with van der Waals surface area (Å²) >= 11 is 5.87. The van der Waals surface area contributed by atoms with E-state index in [0.29, 0.717) is 18.3 Å². The molecule has 12 heteroatoms. The predicted molar refractivity (Wildman–Crippen MR) is 99.4 cm³/mol. The van der Waals surface area contributed by atoms with Crippen molar-refractivity contribution in [1.29, 1.82) is 0 Å². The van der Waals surface area contributed by atoms with Gasteiger partial charge in [0.25, 0.3) is 5.56 Å². The van der Waals surface area contributed by atoms with Gasteiger partial charge in [-0.3, -0.25) is 9.59 Å². The third-order valence-corrected chi connectivity index (χ3v) is 4.36. The Balaban J connectivity index is 2.28. The molecule has 0 bridgehead atoms. The maximum Gasteiger partial charge on any atom is 0.417 e. The molecule has 1 atom stereocenters. The second-order valence-electron chi connectivity index (χ2n) is 6.68. The van der Waals surface area contributed by atoms with Gasteiger partial charge in [0.2, 0.25) is 5.91 Å². The second kappa shape index (κ2) is 8.58. The lowest BCUT2D eigenvalue weighted by Crippen LogP contribution is -2.40. The van der Waals surface area contributed by atoms with Gasteiger partial charge in [0.05, 0.1) is 21.8 Å². The number of pyridine rings is 1. The molecule has 3 N–H and O–H groups in total. The molecule has 30 heavy (non-hydrogen) atoms. The Morgan fingerprint density at radius 1 is 1.00 bits per heavy atom. The number of carbonyl (C=O) groups is 1. The van der Waals surface area contributed by atoms with Crippen LogP contribution in [0.5, 0.6) is 0 Å². The van der Waals surface area contributed by atoms with E-state index in [-0.39, 0.29) is 10.7 Å². The molecule has 1 heterocycles. The zero-order chi connectivity index (χ0) is 22.9. The van der Waals surface area contributed by atoms with E-state index in [4.69, 9.17) is 11.6 Å². The number of alkyl halides is 6. The smallest absolute Gasteiger partial charge is 0.372 e. The lowest BCUT2D eigenvalue weighted by Gasteiger charge is -2.23. The first-order valence-electron chi connectivity index (χ1n) is 8.44. The average molecular weight is 456 g/mol. The maximum atomic E-state index is 12.8. The van der Waals surface area contributed by atoms with Crippen LogP contribution in [0.15, 0.2) is 35.3 Å². The number of aromatic amines is 1. The summed E-state index contributed by atoms with van der Waals surface area (Å²) in [6.45, 7) is 3.18. The fraction of sp³-hybridized carbons (Fsp3) is 0.333. The third kappa shape index (κ3) is 5.68. The first-order chi connectivity index (χ1) is 13.7. The van der Waals surface area contributed by atoms with Crippen LogP contribution in [0, 0.1) is 5.92 Å². The van der Waals surface area contributed by atoms with E-state index in [9.17, 15) is 35.9 Å². The number of H-pyrrole nitrogens is 1. The Labute approximate surface area is 171 Å². The van der Waals surface area contributed by atoms with Crippen molar-refractivity contribution in [2.75, 3.05) is 10.6 Å². The molecule has 164 valence electrons. The van der Waals surface area contributed by atoms with E-state index in [0.717, 1.165) is 12.1 Å². The van der Waals surface area contributed by atoms with E-state index in [1.54, 1.807) is 13.8 Å². The van der Waals surface area contributed by atoms with Crippen molar-refractivity contribution < 1.29 is 31.1 Å². The summed E-state index contributed by atoms with van der Waals surface area (Å²) in [5, 5.41) is 4.47. The molecule has 2 rings (SSSR count). The Morgan fingerprint density at radius 3 is 2.10 bits per heavy atom. The number of nitrogens with one attached hydrogen (secondary N) is 3. The minimum absolute atomic E-state index is 0.0106. The molecule has 0 spiro atoms. The van der Waals surface area contributed by atoms with Gasteiger partial charge in [-0.25, -0.2) is 0 Å². The number of aromatic nitrogens is 1. The summed E-state index contributed by atoms with van der Waals surface area (Å²) in [5.74, 6) is -1.33. The molecule has 0 saturated carbocycles. The van der Waals surface area contributed by atoms with Crippen LogP contribution in [0.4, 0.5) is 37.7 Å². The van der Waals surface area contributed by atoms with Crippen molar-refractivity contribution in [2.24, 2.45) is 5.92 Å². The van der Waals surface area contributed by atoms with Gasteiger partial charge >= 0.3 is 12.4 Å². The first-order valence-corrected chi connectivity index (χ1v) is 8.82. The molecule has 1 aromatic carbocycles. The lowest BCUT2D eigenvalue weighted by atomic mass is 10.0. The van der Waals surface area contributed by atoms with E-state index < -0.39 is 52.6 Å². The largest absolute Gasteiger partial charge is 0.417 e. The SMILES string of the molecule is CC(C)[C@H](Nc1ccc(C(F)(F)F)cc1Cl)C(=O)Nc1cc(C(F)(F)F)c[nH]c1=O. The van der Waals surface area contributed by atoms with Gasteiger partial charge in [-0.15, -0.1) is 0 Å². The van der Waals surface area contributed by atoms with Gasteiger partial charge in [-0.05, 0) is 30.2 Å². The molecule has 0 aliphatic rings. The molecule has 0 aliphatic heterocycles. The van der Waals surface area contributed by atoms with Crippen molar-refractivity contribution in [1.82, 2.24) is 4.98 Å². The Hall–Kier alpha value is -2.69. The monoisotopic (exact) mass is 455 g/mol. The molecule has 5 nitrogen and oxygen atoms in total. The lowest BCUT2D eigenvalue weighted by molar-refractivity contribution is -0.138. The fourth-order valence-corrected chi connectivity index (χ4v) is 2.70. The van der Waals surface area contributed by atoms with Gasteiger partial charge in [0.1, 0.15) is 11.7 Å². The number of hydrogen-bond donors (Lipinski definition) is 3. The standard InChI is InChI=1S/C18H16ClF6N3O2/c1-8(2)14(27-12-4-3-9(5-11(12)19)17(20,21)22)16(30)28-13-6-10(18(23,24)25)7-26-15(13)29/h3-8,14,27H,1-2H3,(H,26,29)(H,28,30)/t14-/m0/s1. The maximum absolute atomic E-state index is 12.8. The zero-order valence-corrected chi connectivity index (χ0v) is 16.3. The molecule has 0 aliphatic carbocycles. The fourth-order valence-electron chi connectivity index (χ4n) is 2.46. The summed E-state index contributed by atoms with van der Waals surface area (Å²) in [5.41, 5.74) is -3.72. The van der Waals surface area contributed by atoms with Gasteiger partial charge in [-0.1, -0.05) is 25.4 Å². The summed E-state index contributed by atoms with van der Waals surface area (Å²) < 4.78 is 76.8.